The maximum Gasteiger partial charge on any atom is 0.280 e. The predicted octanol–water partition coefficient (Wildman–Crippen LogP) is 1.34. The Hall–Kier alpha value is -1.76. The summed E-state index contributed by atoms with van der Waals surface area (Å²) in [5.74, 6) is 0.749. The van der Waals surface area contributed by atoms with Crippen LogP contribution in [0.25, 0.3) is 11.2 Å². The number of ketones is 1. The molecular weight excluding hydrogens is 276 g/mol. The van der Waals surface area contributed by atoms with E-state index in [-0.39, 0.29) is 17.9 Å². The van der Waals surface area contributed by atoms with Crippen LogP contribution in [0.15, 0.2) is 4.79 Å². The van der Waals surface area contributed by atoms with Crippen molar-refractivity contribution in [2.45, 2.75) is 33.2 Å². The first-order chi connectivity index (χ1) is 9.38. The van der Waals surface area contributed by atoms with Crippen molar-refractivity contribution < 1.29 is 4.79 Å². The number of fused-ring (bicyclic) bond motifs is 1. The van der Waals surface area contributed by atoms with Crippen LogP contribution in [0.1, 0.15) is 26.1 Å². The lowest BCUT2D eigenvalue weighted by Crippen LogP contribution is -2.28. The third kappa shape index (κ3) is 2.22. The molecule has 0 spiro atoms. The number of nitrogens with zero attached hydrogens (tertiary/aromatic N) is 4. The van der Waals surface area contributed by atoms with Crippen molar-refractivity contribution in [2.75, 3.05) is 0 Å². The van der Waals surface area contributed by atoms with Gasteiger partial charge in [0.25, 0.3) is 5.56 Å². The molecule has 0 aliphatic heterocycles. The minimum Gasteiger partial charge on any atom is -0.325 e. The molecule has 2 heterocycles. The van der Waals surface area contributed by atoms with Gasteiger partial charge in [0, 0.05) is 20.5 Å². The minimum absolute atomic E-state index is 0.00423. The van der Waals surface area contributed by atoms with Crippen molar-refractivity contribution in [3.8, 4) is 0 Å². The van der Waals surface area contributed by atoms with Gasteiger partial charge in [0.2, 0.25) is 0 Å². The highest BCUT2D eigenvalue weighted by Gasteiger charge is 2.17. The second-order valence-electron chi connectivity index (χ2n) is 4.94. The van der Waals surface area contributed by atoms with Gasteiger partial charge < -0.3 is 9.13 Å². The number of hydrogen-bond acceptors (Lipinski definition) is 4. The molecule has 108 valence electrons. The highest BCUT2D eigenvalue weighted by atomic mass is 32.1. The topological polar surface area (TPSA) is 61.8 Å². The molecular formula is C13H18N4O2S. The molecule has 0 aliphatic carbocycles. The van der Waals surface area contributed by atoms with E-state index < -0.39 is 0 Å². The molecule has 0 saturated carbocycles. The van der Waals surface area contributed by atoms with Crippen LogP contribution in [-0.4, -0.2) is 24.5 Å². The summed E-state index contributed by atoms with van der Waals surface area (Å²) in [5.41, 5.74) is 0.812. The van der Waals surface area contributed by atoms with Crippen LogP contribution < -0.4 is 5.56 Å². The lowest BCUT2D eigenvalue weighted by molar-refractivity contribution is -0.117. The fourth-order valence-electron chi connectivity index (χ4n) is 2.30. The Morgan fingerprint density at radius 2 is 1.95 bits per heavy atom. The van der Waals surface area contributed by atoms with E-state index in [1.54, 1.807) is 16.2 Å². The Balaban J connectivity index is 2.87. The molecule has 0 radical (unpaired) electrons. The second-order valence-corrected chi connectivity index (χ2v) is 5.31. The molecule has 2 aromatic rings. The summed E-state index contributed by atoms with van der Waals surface area (Å²) in [4.78, 5) is 28.4. The Kier molecular flexibility index (Phi) is 3.89. The smallest absolute Gasteiger partial charge is 0.280 e. The van der Waals surface area contributed by atoms with Crippen LogP contribution in [0, 0.1) is 4.77 Å². The summed E-state index contributed by atoms with van der Waals surface area (Å²) in [7, 11) is 3.59. The molecule has 2 rings (SSSR count). The molecule has 0 aliphatic rings. The summed E-state index contributed by atoms with van der Waals surface area (Å²) < 4.78 is 5.14. The van der Waals surface area contributed by atoms with Gasteiger partial charge in [-0.2, -0.15) is 0 Å². The zero-order valence-corrected chi connectivity index (χ0v) is 13.0. The van der Waals surface area contributed by atoms with Crippen LogP contribution in [0.2, 0.25) is 0 Å². The fraction of sp³-hybridized carbons (Fsp3) is 0.538. The maximum atomic E-state index is 12.5. The quantitative estimate of drug-likeness (QED) is 0.799. The Morgan fingerprint density at radius 3 is 2.50 bits per heavy atom. The summed E-state index contributed by atoms with van der Waals surface area (Å²) in [6.07, 6.45) is 1.74. The average molecular weight is 294 g/mol. The van der Waals surface area contributed by atoms with E-state index >= 15 is 0 Å². The zero-order chi connectivity index (χ0) is 15.0. The summed E-state index contributed by atoms with van der Waals surface area (Å²) in [6.45, 7) is 3.50. The van der Waals surface area contributed by atoms with Crippen LogP contribution in [-0.2, 0) is 31.9 Å². The molecule has 0 bridgehead atoms. The van der Waals surface area contributed by atoms with E-state index in [0.717, 1.165) is 18.7 Å². The van der Waals surface area contributed by atoms with Gasteiger partial charge >= 0.3 is 0 Å². The molecule has 0 saturated heterocycles. The lowest BCUT2D eigenvalue weighted by atomic mass is 10.3. The van der Waals surface area contributed by atoms with Crippen LogP contribution in [0.5, 0.6) is 0 Å². The lowest BCUT2D eigenvalue weighted by Gasteiger charge is -2.08. The van der Waals surface area contributed by atoms with Crippen molar-refractivity contribution in [2.24, 2.45) is 14.1 Å². The van der Waals surface area contributed by atoms with Gasteiger partial charge in [0.05, 0.1) is 6.54 Å². The number of aromatic nitrogens is 4. The average Bonchev–Trinajstić information content (AvgIpc) is 2.70. The molecule has 0 N–H and O–H groups in total. The van der Waals surface area contributed by atoms with Crippen molar-refractivity contribution >= 4 is 29.2 Å². The van der Waals surface area contributed by atoms with Gasteiger partial charge in [0.1, 0.15) is 11.6 Å². The number of imidazole rings is 1. The predicted molar refractivity (Wildman–Crippen MR) is 79.5 cm³/mol. The number of Topliss-reactive ketones (excluding diaryl/α,β-unsaturated/α-hetero) is 1. The molecule has 0 unspecified atom stereocenters. The first-order valence-electron chi connectivity index (χ1n) is 6.53. The molecule has 7 heteroatoms. The minimum atomic E-state index is -0.254. The van der Waals surface area contributed by atoms with E-state index in [2.05, 4.69) is 11.9 Å². The van der Waals surface area contributed by atoms with E-state index in [9.17, 15) is 9.59 Å². The molecule has 2 aromatic heterocycles. The van der Waals surface area contributed by atoms with E-state index in [0.29, 0.717) is 15.9 Å². The van der Waals surface area contributed by atoms with E-state index in [1.165, 1.54) is 11.5 Å². The van der Waals surface area contributed by atoms with Gasteiger partial charge in [-0.15, -0.1) is 0 Å². The van der Waals surface area contributed by atoms with Crippen molar-refractivity contribution in [3.63, 3.8) is 0 Å². The maximum absolute atomic E-state index is 12.5. The molecule has 0 atom stereocenters. The van der Waals surface area contributed by atoms with Gasteiger partial charge in [-0.25, -0.2) is 4.98 Å². The largest absolute Gasteiger partial charge is 0.325 e. The van der Waals surface area contributed by atoms with Gasteiger partial charge in [0.15, 0.2) is 15.9 Å². The number of aryl methyl sites for hydroxylation is 3. The second kappa shape index (κ2) is 5.32. The molecule has 6 nitrogen and oxygen atoms in total. The molecule has 0 aromatic carbocycles. The van der Waals surface area contributed by atoms with Gasteiger partial charge in [-0.1, -0.05) is 6.92 Å². The molecule has 0 amide bonds. The third-order valence-corrected chi connectivity index (χ3v) is 3.80. The van der Waals surface area contributed by atoms with Crippen LogP contribution >= 0.6 is 12.2 Å². The Labute approximate surface area is 121 Å². The monoisotopic (exact) mass is 294 g/mol. The van der Waals surface area contributed by atoms with Crippen LogP contribution in [0.4, 0.5) is 0 Å². The fourth-order valence-corrected chi connectivity index (χ4v) is 2.53. The first-order valence-corrected chi connectivity index (χ1v) is 6.93. The molecule has 20 heavy (non-hydrogen) atoms. The highest BCUT2D eigenvalue weighted by Crippen LogP contribution is 2.12. The zero-order valence-electron chi connectivity index (χ0n) is 12.1. The standard InChI is InChI=1S/C13H18N4O2S/c1-5-6-9-14-11-10(15(9)3)12(19)17(7-8(2)18)13(20)16(11)4/h5-7H2,1-4H3. The van der Waals surface area contributed by atoms with E-state index in [1.807, 2.05) is 7.05 Å². The summed E-state index contributed by atoms with van der Waals surface area (Å²) >= 11 is 5.27. The number of rotatable bonds is 4. The van der Waals surface area contributed by atoms with Crippen LogP contribution in [0.3, 0.4) is 0 Å². The SMILES string of the molecule is CCCc1nc2c(c(=O)n(CC(C)=O)c(=S)n2C)n1C. The third-order valence-electron chi connectivity index (χ3n) is 3.31. The highest BCUT2D eigenvalue weighted by molar-refractivity contribution is 7.71. The summed E-state index contributed by atoms with van der Waals surface area (Å²) in [6, 6.07) is 0. The number of carbonyl (C=O) groups excluding carboxylic acids is 1. The van der Waals surface area contributed by atoms with Gasteiger partial charge in [-0.3, -0.25) is 14.2 Å². The number of hydrogen-bond donors (Lipinski definition) is 0. The first kappa shape index (κ1) is 14.6. The van der Waals surface area contributed by atoms with Crippen molar-refractivity contribution in [3.05, 3.63) is 20.9 Å². The van der Waals surface area contributed by atoms with E-state index in [4.69, 9.17) is 12.2 Å². The van der Waals surface area contributed by atoms with Crippen molar-refractivity contribution in [1.82, 2.24) is 18.7 Å². The Bertz CT molecular complexity index is 797. The summed E-state index contributed by atoms with van der Waals surface area (Å²) in [5, 5.41) is 0. The molecule has 0 fully saturated rings. The number of carbonyl (C=O) groups is 1. The Morgan fingerprint density at radius 1 is 1.30 bits per heavy atom. The normalized spacial score (nSPS) is 11.2. The van der Waals surface area contributed by atoms with Gasteiger partial charge in [-0.05, 0) is 25.6 Å². The van der Waals surface area contributed by atoms with Crippen molar-refractivity contribution in [1.29, 1.82) is 0 Å².